The Labute approximate surface area is 106 Å². The molecule has 1 spiro atoms. The summed E-state index contributed by atoms with van der Waals surface area (Å²) >= 11 is 0. The van der Waals surface area contributed by atoms with Crippen LogP contribution < -0.4 is 10.6 Å². The molecule has 0 aromatic heterocycles. The Hall–Kier alpha value is -0.380. The zero-order valence-corrected chi connectivity index (χ0v) is 11.8. The van der Waals surface area contributed by atoms with Gasteiger partial charge in [0.2, 0.25) is 0 Å². The zero-order chi connectivity index (χ0) is 12.7. The van der Waals surface area contributed by atoms with Crippen LogP contribution in [-0.4, -0.2) is 41.3 Å². The van der Waals surface area contributed by atoms with Crippen molar-refractivity contribution in [2.45, 2.75) is 57.2 Å². The molecular weight excluding hydrogens is 210 g/mol. The van der Waals surface area contributed by atoms with E-state index in [1.807, 2.05) is 6.08 Å². The van der Waals surface area contributed by atoms with Crippen molar-refractivity contribution in [3.8, 4) is 0 Å². The third-order valence-corrected chi connectivity index (χ3v) is 3.83. The number of hydrogen-bond acceptors (Lipinski definition) is 3. The van der Waals surface area contributed by atoms with E-state index in [9.17, 15) is 0 Å². The van der Waals surface area contributed by atoms with Gasteiger partial charge in [-0.25, -0.2) is 0 Å². The molecule has 17 heavy (non-hydrogen) atoms. The van der Waals surface area contributed by atoms with Crippen molar-refractivity contribution in [2.75, 3.05) is 19.8 Å². The average molecular weight is 237 g/mol. The maximum Gasteiger partial charge on any atom is 0.0489 e. The summed E-state index contributed by atoms with van der Waals surface area (Å²) in [6.45, 7) is 16.2. The van der Waals surface area contributed by atoms with E-state index in [4.69, 9.17) is 0 Å². The zero-order valence-electron chi connectivity index (χ0n) is 11.8. The lowest BCUT2D eigenvalue weighted by atomic mass is 9.71. The molecule has 2 rings (SSSR count). The van der Waals surface area contributed by atoms with Crippen molar-refractivity contribution in [2.24, 2.45) is 0 Å². The number of nitrogens with zero attached hydrogens (tertiary/aromatic N) is 1. The first-order chi connectivity index (χ1) is 7.76. The van der Waals surface area contributed by atoms with Crippen LogP contribution in [0.1, 0.15) is 40.5 Å². The lowest BCUT2D eigenvalue weighted by Gasteiger charge is -2.51. The second-order valence-electron chi connectivity index (χ2n) is 7.16. The molecule has 0 radical (unpaired) electrons. The maximum absolute atomic E-state index is 3.83. The Morgan fingerprint density at radius 2 is 1.76 bits per heavy atom. The first kappa shape index (κ1) is 13.1. The minimum absolute atomic E-state index is 0.207. The van der Waals surface area contributed by atoms with Gasteiger partial charge < -0.3 is 5.32 Å². The Balaban J connectivity index is 2.13. The molecule has 2 fully saturated rings. The highest BCUT2D eigenvalue weighted by Crippen LogP contribution is 2.38. The summed E-state index contributed by atoms with van der Waals surface area (Å²) in [6.07, 6.45) is 4.38. The van der Waals surface area contributed by atoms with E-state index in [1.54, 1.807) is 0 Å². The molecule has 3 nitrogen and oxygen atoms in total. The third-order valence-electron chi connectivity index (χ3n) is 3.83. The van der Waals surface area contributed by atoms with Gasteiger partial charge in [0.05, 0.1) is 0 Å². The molecule has 0 aromatic rings. The Kier molecular flexibility index (Phi) is 3.13. The molecule has 2 N–H and O–H groups in total. The first-order valence-corrected chi connectivity index (χ1v) is 6.64. The molecular formula is C14H27N3. The van der Waals surface area contributed by atoms with Gasteiger partial charge >= 0.3 is 0 Å². The summed E-state index contributed by atoms with van der Waals surface area (Å²) in [5.74, 6) is 0. The Morgan fingerprint density at radius 3 is 2.29 bits per heavy atom. The third kappa shape index (κ3) is 2.90. The standard InChI is InChI=1S/C14H27N3/c1-6-7-17-10-14(15-11-17)8-12(2,3)16-13(4,5)9-14/h6,15-16H,1,7-11H2,2-5H3. The highest BCUT2D eigenvalue weighted by atomic mass is 15.3. The summed E-state index contributed by atoms with van der Waals surface area (Å²) in [4.78, 5) is 2.45. The highest BCUT2D eigenvalue weighted by molar-refractivity contribution is 5.11. The van der Waals surface area contributed by atoms with E-state index in [-0.39, 0.29) is 16.6 Å². The monoisotopic (exact) mass is 237 g/mol. The van der Waals surface area contributed by atoms with Crippen molar-refractivity contribution in [3.63, 3.8) is 0 Å². The molecule has 98 valence electrons. The van der Waals surface area contributed by atoms with Crippen LogP contribution in [0.2, 0.25) is 0 Å². The largest absolute Gasteiger partial charge is 0.307 e. The van der Waals surface area contributed by atoms with Gasteiger partial charge in [0.15, 0.2) is 0 Å². The fraction of sp³-hybridized carbons (Fsp3) is 0.857. The van der Waals surface area contributed by atoms with Crippen LogP contribution in [0.4, 0.5) is 0 Å². The molecule has 2 heterocycles. The molecule has 0 amide bonds. The molecule has 2 saturated heterocycles. The number of hydrogen-bond donors (Lipinski definition) is 2. The number of rotatable bonds is 2. The van der Waals surface area contributed by atoms with E-state index < -0.39 is 0 Å². The summed E-state index contributed by atoms with van der Waals surface area (Å²) in [7, 11) is 0. The topological polar surface area (TPSA) is 27.3 Å². The number of nitrogens with one attached hydrogen (secondary N) is 2. The second kappa shape index (κ2) is 4.08. The van der Waals surface area contributed by atoms with Gasteiger partial charge in [-0.1, -0.05) is 6.08 Å². The molecule has 3 heteroatoms. The van der Waals surface area contributed by atoms with Gasteiger partial charge in [-0.2, -0.15) is 0 Å². The molecule has 0 aliphatic carbocycles. The molecule has 0 aromatic carbocycles. The van der Waals surface area contributed by atoms with Crippen LogP contribution in [0.5, 0.6) is 0 Å². The fourth-order valence-electron chi connectivity index (χ4n) is 4.13. The van der Waals surface area contributed by atoms with Crippen LogP contribution in [-0.2, 0) is 0 Å². The van der Waals surface area contributed by atoms with E-state index >= 15 is 0 Å². The lowest BCUT2D eigenvalue weighted by molar-refractivity contribution is 0.0947. The minimum atomic E-state index is 0.207. The van der Waals surface area contributed by atoms with Gasteiger partial charge in [-0.15, -0.1) is 6.58 Å². The molecule has 0 atom stereocenters. The SMILES string of the molecule is C=CCN1CNC2(C1)CC(C)(C)NC(C)(C)C2. The molecule has 0 unspecified atom stereocenters. The van der Waals surface area contributed by atoms with Crippen molar-refractivity contribution in [3.05, 3.63) is 12.7 Å². The first-order valence-electron chi connectivity index (χ1n) is 6.64. The van der Waals surface area contributed by atoms with Gasteiger partial charge in [0.25, 0.3) is 0 Å². The quantitative estimate of drug-likeness (QED) is 0.716. The summed E-state index contributed by atoms with van der Waals surface area (Å²) in [5, 5.41) is 7.51. The molecule has 0 saturated carbocycles. The van der Waals surface area contributed by atoms with Crippen LogP contribution in [0, 0.1) is 0 Å². The van der Waals surface area contributed by atoms with Crippen LogP contribution >= 0.6 is 0 Å². The van der Waals surface area contributed by atoms with E-state index in [0.717, 1.165) is 19.8 Å². The van der Waals surface area contributed by atoms with E-state index in [0.29, 0.717) is 0 Å². The van der Waals surface area contributed by atoms with Gasteiger partial charge in [0.1, 0.15) is 0 Å². The van der Waals surface area contributed by atoms with E-state index in [1.165, 1.54) is 12.8 Å². The highest BCUT2D eigenvalue weighted by Gasteiger charge is 2.49. The summed E-state index contributed by atoms with van der Waals surface area (Å²) in [6, 6.07) is 0. The van der Waals surface area contributed by atoms with Gasteiger partial charge in [-0.3, -0.25) is 10.2 Å². The Bertz CT molecular complexity index is 291. The van der Waals surface area contributed by atoms with Crippen molar-refractivity contribution in [1.29, 1.82) is 0 Å². The average Bonchev–Trinajstić information content (AvgIpc) is 2.42. The summed E-state index contributed by atoms with van der Waals surface area (Å²) in [5.41, 5.74) is 0.694. The van der Waals surface area contributed by atoms with Crippen molar-refractivity contribution >= 4 is 0 Å². The predicted molar refractivity (Wildman–Crippen MR) is 73.0 cm³/mol. The van der Waals surface area contributed by atoms with Crippen LogP contribution in [0.15, 0.2) is 12.7 Å². The Morgan fingerprint density at radius 1 is 1.18 bits per heavy atom. The lowest BCUT2D eigenvalue weighted by Crippen LogP contribution is -2.67. The number of piperidine rings is 1. The van der Waals surface area contributed by atoms with Gasteiger partial charge in [0, 0.05) is 36.4 Å². The fourth-order valence-corrected chi connectivity index (χ4v) is 4.13. The van der Waals surface area contributed by atoms with E-state index in [2.05, 4.69) is 49.8 Å². The normalized spacial score (nSPS) is 30.6. The van der Waals surface area contributed by atoms with Crippen molar-refractivity contribution < 1.29 is 0 Å². The molecule has 2 aliphatic heterocycles. The smallest absolute Gasteiger partial charge is 0.0489 e. The summed E-state index contributed by atoms with van der Waals surface area (Å²) < 4.78 is 0. The maximum atomic E-state index is 3.83. The predicted octanol–water partition coefficient (Wildman–Crippen LogP) is 1.71. The van der Waals surface area contributed by atoms with Gasteiger partial charge in [-0.05, 0) is 40.5 Å². The van der Waals surface area contributed by atoms with Crippen LogP contribution in [0.25, 0.3) is 0 Å². The molecule has 2 aliphatic rings. The van der Waals surface area contributed by atoms with Crippen LogP contribution in [0.3, 0.4) is 0 Å². The van der Waals surface area contributed by atoms with Crippen molar-refractivity contribution in [1.82, 2.24) is 15.5 Å². The minimum Gasteiger partial charge on any atom is -0.307 e. The molecule has 0 bridgehead atoms. The second-order valence-corrected chi connectivity index (χ2v) is 7.16.